The summed E-state index contributed by atoms with van der Waals surface area (Å²) in [6.45, 7) is 4.04. The van der Waals surface area contributed by atoms with E-state index in [0.717, 1.165) is 11.4 Å². The van der Waals surface area contributed by atoms with Gasteiger partial charge in [-0.3, -0.25) is 4.79 Å². The van der Waals surface area contributed by atoms with Crippen LogP contribution in [0.15, 0.2) is 24.3 Å². The minimum atomic E-state index is -0.0953. The molecule has 1 atom stereocenters. The normalized spacial score (nSPS) is 12.3. The van der Waals surface area contributed by atoms with Crippen molar-refractivity contribution in [1.29, 1.82) is 0 Å². The number of amides is 1. The van der Waals surface area contributed by atoms with Crippen molar-refractivity contribution in [3.8, 4) is 0 Å². The Balaban J connectivity index is 2.62. The Bertz CT molecular complexity index is 402. The van der Waals surface area contributed by atoms with Crippen molar-refractivity contribution in [3.63, 3.8) is 0 Å². The van der Waals surface area contributed by atoms with Crippen LogP contribution in [0.1, 0.15) is 20.3 Å². The van der Waals surface area contributed by atoms with E-state index < -0.39 is 0 Å². The maximum absolute atomic E-state index is 11.8. The lowest BCUT2D eigenvalue weighted by Crippen LogP contribution is -2.31. The molecule has 0 aliphatic heterocycles. The zero-order valence-electron chi connectivity index (χ0n) is 11.6. The molecule has 0 fully saturated rings. The summed E-state index contributed by atoms with van der Waals surface area (Å²) in [6, 6.07) is 7.65. The van der Waals surface area contributed by atoms with Crippen LogP contribution in [-0.4, -0.2) is 26.0 Å². The molecule has 4 nitrogen and oxygen atoms in total. The van der Waals surface area contributed by atoms with Crippen molar-refractivity contribution in [3.05, 3.63) is 24.3 Å². The van der Waals surface area contributed by atoms with E-state index in [4.69, 9.17) is 5.73 Å². The molecule has 18 heavy (non-hydrogen) atoms. The quantitative estimate of drug-likeness (QED) is 0.840. The van der Waals surface area contributed by atoms with Gasteiger partial charge in [0.15, 0.2) is 0 Å². The zero-order valence-corrected chi connectivity index (χ0v) is 11.6. The van der Waals surface area contributed by atoms with Gasteiger partial charge in [-0.15, -0.1) is 0 Å². The topological polar surface area (TPSA) is 58.4 Å². The van der Waals surface area contributed by atoms with Gasteiger partial charge in [-0.05, 0) is 24.1 Å². The van der Waals surface area contributed by atoms with Crippen LogP contribution >= 0.6 is 0 Å². The first-order chi connectivity index (χ1) is 8.40. The second kappa shape index (κ2) is 6.40. The standard InChI is InChI=1S/C14H23N3O/c1-10(2)13(15)9-14(18)16-11-6-5-7-12(8-11)17(3)4/h5-8,10,13H,9,15H2,1-4H3,(H,16,18). The Kier molecular flexibility index (Phi) is 5.16. The maximum Gasteiger partial charge on any atom is 0.225 e. The van der Waals surface area contributed by atoms with Crippen LogP contribution in [0.4, 0.5) is 11.4 Å². The van der Waals surface area contributed by atoms with Crippen molar-refractivity contribution < 1.29 is 4.79 Å². The minimum absolute atomic E-state index is 0.0351. The van der Waals surface area contributed by atoms with Crippen LogP contribution in [0.2, 0.25) is 0 Å². The lowest BCUT2D eigenvalue weighted by Gasteiger charge is -2.16. The average Bonchev–Trinajstić information content (AvgIpc) is 2.28. The van der Waals surface area contributed by atoms with Crippen LogP contribution in [0.5, 0.6) is 0 Å². The summed E-state index contributed by atoms with van der Waals surface area (Å²) >= 11 is 0. The van der Waals surface area contributed by atoms with E-state index in [-0.39, 0.29) is 11.9 Å². The fourth-order valence-corrected chi connectivity index (χ4v) is 1.52. The van der Waals surface area contributed by atoms with E-state index in [0.29, 0.717) is 12.3 Å². The van der Waals surface area contributed by atoms with Crippen LogP contribution < -0.4 is 16.0 Å². The van der Waals surface area contributed by atoms with Gasteiger partial charge < -0.3 is 16.0 Å². The minimum Gasteiger partial charge on any atom is -0.378 e. The highest BCUT2D eigenvalue weighted by Gasteiger charge is 2.13. The van der Waals surface area contributed by atoms with Crippen LogP contribution in [0.25, 0.3) is 0 Å². The summed E-state index contributed by atoms with van der Waals surface area (Å²) < 4.78 is 0. The third kappa shape index (κ3) is 4.37. The van der Waals surface area contributed by atoms with Crippen molar-refractivity contribution in [2.75, 3.05) is 24.3 Å². The Morgan fingerprint density at radius 2 is 2.06 bits per heavy atom. The first-order valence-corrected chi connectivity index (χ1v) is 6.23. The van der Waals surface area contributed by atoms with Gasteiger partial charge >= 0.3 is 0 Å². The van der Waals surface area contributed by atoms with E-state index in [1.165, 1.54) is 0 Å². The SMILES string of the molecule is CC(C)C(N)CC(=O)Nc1cccc(N(C)C)c1. The van der Waals surface area contributed by atoms with Gasteiger partial charge in [-0.1, -0.05) is 19.9 Å². The average molecular weight is 249 g/mol. The number of nitrogens with two attached hydrogens (primary N) is 1. The first kappa shape index (κ1) is 14.5. The second-order valence-corrected chi connectivity index (χ2v) is 5.10. The summed E-state index contributed by atoms with van der Waals surface area (Å²) in [7, 11) is 3.94. The highest BCUT2D eigenvalue weighted by Crippen LogP contribution is 2.17. The Labute approximate surface area is 109 Å². The lowest BCUT2D eigenvalue weighted by atomic mass is 10.0. The molecule has 0 aromatic heterocycles. The van der Waals surface area contributed by atoms with Crippen molar-refractivity contribution in [2.45, 2.75) is 26.3 Å². The van der Waals surface area contributed by atoms with E-state index in [9.17, 15) is 4.79 Å². The smallest absolute Gasteiger partial charge is 0.225 e. The van der Waals surface area contributed by atoms with Gasteiger partial charge in [-0.2, -0.15) is 0 Å². The van der Waals surface area contributed by atoms with Gasteiger partial charge in [0.25, 0.3) is 0 Å². The molecule has 1 amide bonds. The van der Waals surface area contributed by atoms with E-state index in [1.54, 1.807) is 0 Å². The molecule has 100 valence electrons. The molecular weight excluding hydrogens is 226 g/mol. The van der Waals surface area contributed by atoms with Gasteiger partial charge in [-0.25, -0.2) is 0 Å². The number of carbonyl (C=O) groups is 1. The molecule has 0 saturated heterocycles. The molecule has 4 heteroatoms. The zero-order chi connectivity index (χ0) is 13.7. The number of hydrogen-bond acceptors (Lipinski definition) is 3. The molecule has 1 aromatic rings. The predicted octanol–water partition coefficient (Wildman–Crippen LogP) is 2.06. The summed E-state index contributed by atoms with van der Waals surface area (Å²) in [5.41, 5.74) is 7.74. The summed E-state index contributed by atoms with van der Waals surface area (Å²) in [5.74, 6) is 0.274. The summed E-state index contributed by atoms with van der Waals surface area (Å²) in [5, 5.41) is 2.88. The van der Waals surface area contributed by atoms with E-state index >= 15 is 0 Å². The number of hydrogen-bond donors (Lipinski definition) is 2. The third-order valence-corrected chi connectivity index (χ3v) is 2.92. The molecule has 0 aliphatic rings. The molecule has 0 heterocycles. The van der Waals surface area contributed by atoms with Crippen molar-refractivity contribution >= 4 is 17.3 Å². The molecule has 1 unspecified atom stereocenters. The molecule has 0 radical (unpaired) electrons. The van der Waals surface area contributed by atoms with Gasteiger partial charge in [0.05, 0.1) is 0 Å². The molecule has 3 N–H and O–H groups in total. The number of carbonyl (C=O) groups excluding carboxylic acids is 1. The number of anilines is 2. The molecule has 1 rings (SSSR count). The molecule has 0 saturated carbocycles. The van der Waals surface area contributed by atoms with Crippen molar-refractivity contribution in [2.24, 2.45) is 11.7 Å². The highest BCUT2D eigenvalue weighted by molar-refractivity contribution is 5.91. The lowest BCUT2D eigenvalue weighted by molar-refractivity contribution is -0.116. The number of benzene rings is 1. The van der Waals surface area contributed by atoms with Crippen LogP contribution in [-0.2, 0) is 4.79 Å². The highest BCUT2D eigenvalue weighted by atomic mass is 16.1. The van der Waals surface area contributed by atoms with Crippen LogP contribution in [0.3, 0.4) is 0 Å². The molecule has 1 aromatic carbocycles. The monoisotopic (exact) mass is 249 g/mol. The first-order valence-electron chi connectivity index (χ1n) is 6.23. The Morgan fingerprint density at radius 3 is 2.61 bits per heavy atom. The van der Waals surface area contributed by atoms with E-state index in [1.807, 2.05) is 57.1 Å². The summed E-state index contributed by atoms with van der Waals surface area (Å²) in [6.07, 6.45) is 0.351. The number of rotatable bonds is 5. The van der Waals surface area contributed by atoms with Gasteiger partial charge in [0.1, 0.15) is 0 Å². The molecular formula is C14H23N3O. The number of nitrogens with zero attached hydrogens (tertiary/aromatic N) is 1. The fourth-order valence-electron chi connectivity index (χ4n) is 1.52. The summed E-state index contributed by atoms with van der Waals surface area (Å²) in [4.78, 5) is 13.8. The Morgan fingerprint density at radius 1 is 1.39 bits per heavy atom. The molecule has 0 bridgehead atoms. The maximum atomic E-state index is 11.8. The Hall–Kier alpha value is -1.55. The second-order valence-electron chi connectivity index (χ2n) is 5.10. The fraction of sp³-hybridized carbons (Fsp3) is 0.500. The van der Waals surface area contributed by atoms with Gasteiger partial charge in [0.2, 0.25) is 5.91 Å². The van der Waals surface area contributed by atoms with E-state index in [2.05, 4.69) is 5.32 Å². The van der Waals surface area contributed by atoms with Crippen molar-refractivity contribution in [1.82, 2.24) is 0 Å². The van der Waals surface area contributed by atoms with Crippen LogP contribution in [0, 0.1) is 5.92 Å². The number of nitrogens with one attached hydrogen (secondary N) is 1. The molecule has 0 aliphatic carbocycles. The predicted molar refractivity (Wildman–Crippen MR) is 76.8 cm³/mol. The van der Waals surface area contributed by atoms with Gasteiger partial charge in [0, 0.05) is 37.9 Å². The largest absolute Gasteiger partial charge is 0.378 e. The third-order valence-electron chi connectivity index (χ3n) is 2.92. The molecule has 0 spiro atoms.